The third-order valence-electron chi connectivity index (χ3n) is 6.85. The molecule has 0 bridgehead atoms. The van der Waals surface area contributed by atoms with Crippen LogP contribution in [0.1, 0.15) is 56.9 Å². The van der Waals surface area contributed by atoms with Crippen LogP contribution in [-0.4, -0.2) is 6.61 Å². The Hall–Kier alpha value is -2.11. The molecule has 0 radical (unpaired) electrons. The monoisotopic (exact) mass is 424 g/mol. The second kappa shape index (κ2) is 8.56. The summed E-state index contributed by atoms with van der Waals surface area (Å²) in [5.41, 5.74) is 0.228. The number of ether oxygens (including phenoxy) is 1. The smallest absolute Gasteiger partial charge is 0.387 e. The lowest BCUT2D eigenvalue weighted by atomic mass is 9.64. The molecule has 162 valence electrons. The molecular weight excluding hydrogens is 399 g/mol. The summed E-state index contributed by atoms with van der Waals surface area (Å²) in [6.07, 6.45) is 6.59. The van der Waals surface area contributed by atoms with Gasteiger partial charge >= 0.3 is 6.61 Å². The van der Waals surface area contributed by atoms with E-state index in [-0.39, 0.29) is 17.0 Å². The minimum atomic E-state index is -3.18. The highest BCUT2D eigenvalue weighted by molar-refractivity contribution is 5.66. The summed E-state index contributed by atoms with van der Waals surface area (Å²) in [4.78, 5) is 0. The number of halogens is 5. The van der Waals surface area contributed by atoms with Crippen LogP contribution in [0.4, 0.5) is 22.0 Å². The van der Waals surface area contributed by atoms with Crippen molar-refractivity contribution in [1.29, 1.82) is 0 Å². The van der Waals surface area contributed by atoms with Crippen LogP contribution in [0.3, 0.4) is 0 Å². The molecular formula is C24H25F5O. The summed E-state index contributed by atoms with van der Waals surface area (Å²) in [6, 6.07) is 5.63. The third-order valence-corrected chi connectivity index (χ3v) is 6.85. The SMILES string of the molecule is CC1CCC2CC(c3cc(F)c(-c4ccc(OC(F)F)c(F)c4)c(F)c3)CCC2C1. The standard InChI is InChI=1S/C24H25F5O/c1-13-2-3-15-9-16(5-4-14(15)8-13)18-11-20(26)23(21(27)12-18)17-6-7-22(19(25)10-17)30-24(28)29/h6-7,10-16,24H,2-5,8-9H2,1H3. The van der Waals surface area contributed by atoms with Gasteiger partial charge in [-0.1, -0.05) is 19.4 Å². The topological polar surface area (TPSA) is 9.23 Å². The molecule has 6 heteroatoms. The van der Waals surface area contributed by atoms with Crippen molar-refractivity contribution in [3.05, 3.63) is 53.3 Å². The molecule has 0 amide bonds. The Morgan fingerprint density at radius 3 is 2.17 bits per heavy atom. The lowest BCUT2D eigenvalue weighted by Crippen LogP contribution is -2.29. The number of fused-ring (bicyclic) bond motifs is 1. The fourth-order valence-corrected chi connectivity index (χ4v) is 5.38. The molecule has 0 heterocycles. The molecule has 2 aromatic rings. The van der Waals surface area contributed by atoms with Gasteiger partial charge in [0.25, 0.3) is 0 Å². The van der Waals surface area contributed by atoms with Crippen LogP contribution in [-0.2, 0) is 0 Å². The number of rotatable bonds is 4. The lowest BCUT2D eigenvalue weighted by Gasteiger charge is -2.41. The molecule has 4 atom stereocenters. The quantitative estimate of drug-likeness (QED) is 0.457. The van der Waals surface area contributed by atoms with Gasteiger partial charge in [0.1, 0.15) is 11.6 Å². The van der Waals surface area contributed by atoms with Crippen LogP contribution in [0, 0.1) is 35.2 Å². The van der Waals surface area contributed by atoms with E-state index in [1.165, 1.54) is 37.5 Å². The Balaban J connectivity index is 1.56. The Bertz CT molecular complexity index is 889. The predicted molar refractivity (Wildman–Crippen MR) is 105 cm³/mol. The molecule has 0 aliphatic heterocycles. The average molecular weight is 424 g/mol. The molecule has 0 aromatic heterocycles. The van der Waals surface area contributed by atoms with Gasteiger partial charge in [0, 0.05) is 0 Å². The van der Waals surface area contributed by atoms with E-state index in [1.54, 1.807) is 0 Å². The van der Waals surface area contributed by atoms with Gasteiger partial charge in [0.2, 0.25) is 0 Å². The lowest BCUT2D eigenvalue weighted by molar-refractivity contribution is -0.0521. The van der Waals surface area contributed by atoms with Gasteiger partial charge < -0.3 is 4.74 Å². The molecule has 0 spiro atoms. The third kappa shape index (κ3) is 4.33. The second-order valence-corrected chi connectivity index (χ2v) is 8.83. The summed E-state index contributed by atoms with van der Waals surface area (Å²) in [7, 11) is 0. The number of alkyl halides is 2. The van der Waals surface area contributed by atoms with E-state index in [9.17, 15) is 22.0 Å². The first-order valence-electron chi connectivity index (χ1n) is 10.6. The zero-order chi connectivity index (χ0) is 21.4. The van der Waals surface area contributed by atoms with Gasteiger partial charge in [-0.3, -0.25) is 0 Å². The summed E-state index contributed by atoms with van der Waals surface area (Å²) in [5.74, 6) is -1.09. The van der Waals surface area contributed by atoms with Gasteiger partial charge in [0.05, 0.1) is 5.56 Å². The molecule has 4 unspecified atom stereocenters. The van der Waals surface area contributed by atoms with Crippen LogP contribution in [0.5, 0.6) is 5.75 Å². The zero-order valence-electron chi connectivity index (χ0n) is 16.8. The van der Waals surface area contributed by atoms with Crippen molar-refractivity contribution in [2.45, 2.75) is 58.0 Å². The van der Waals surface area contributed by atoms with E-state index in [4.69, 9.17) is 0 Å². The number of hydrogen-bond donors (Lipinski definition) is 0. The minimum absolute atomic E-state index is 0.0550. The zero-order valence-corrected chi connectivity index (χ0v) is 16.8. The summed E-state index contributed by atoms with van der Waals surface area (Å²) in [5, 5.41) is 0. The largest absolute Gasteiger partial charge is 0.432 e. The molecule has 4 rings (SSSR count). The van der Waals surface area contributed by atoms with Crippen LogP contribution in [0.15, 0.2) is 30.3 Å². The highest BCUT2D eigenvalue weighted by atomic mass is 19.3. The molecule has 2 aliphatic rings. The average Bonchev–Trinajstić information content (AvgIpc) is 2.68. The maximum atomic E-state index is 14.9. The van der Waals surface area contributed by atoms with Gasteiger partial charge in [-0.25, -0.2) is 13.2 Å². The number of benzene rings is 2. The van der Waals surface area contributed by atoms with Gasteiger partial charge in [-0.05, 0) is 91.2 Å². The van der Waals surface area contributed by atoms with Crippen LogP contribution in [0.2, 0.25) is 0 Å². The molecule has 30 heavy (non-hydrogen) atoms. The Labute approximate surface area is 173 Å². The van der Waals surface area contributed by atoms with E-state index in [2.05, 4.69) is 11.7 Å². The fourth-order valence-electron chi connectivity index (χ4n) is 5.38. The molecule has 1 nitrogen and oxygen atoms in total. The first-order valence-corrected chi connectivity index (χ1v) is 10.6. The van der Waals surface area contributed by atoms with Gasteiger partial charge in [-0.15, -0.1) is 0 Å². The van der Waals surface area contributed by atoms with Crippen molar-refractivity contribution < 1.29 is 26.7 Å². The highest BCUT2D eigenvalue weighted by Gasteiger charge is 2.35. The minimum Gasteiger partial charge on any atom is -0.432 e. The molecule has 0 saturated heterocycles. The van der Waals surface area contributed by atoms with E-state index in [0.717, 1.165) is 43.2 Å². The molecule has 2 fully saturated rings. The highest BCUT2D eigenvalue weighted by Crippen LogP contribution is 2.48. The van der Waals surface area contributed by atoms with Crippen LogP contribution in [0.25, 0.3) is 11.1 Å². The van der Waals surface area contributed by atoms with Crippen molar-refractivity contribution in [3.8, 4) is 16.9 Å². The Morgan fingerprint density at radius 2 is 1.50 bits per heavy atom. The predicted octanol–water partition coefficient (Wildman–Crippen LogP) is 7.69. The van der Waals surface area contributed by atoms with E-state index in [1.807, 2.05) is 0 Å². The van der Waals surface area contributed by atoms with Crippen LogP contribution >= 0.6 is 0 Å². The molecule has 2 saturated carbocycles. The number of hydrogen-bond acceptors (Lipinski definition) is 1. The van der Waals surface area contributed by atoms with E-state index >= 15 is 0 Å². The van der Waals surface area contributed by atoms with Gasteiger partial charge in [-0.2, -0.15) is 8.78 Å². The van der Waals surface area contributed by atoms with Crippen molar-refractivity contribution in [3.63, 3.8) is 0 Å². The normalized spacial score (nSPS) is 26.5. The molecule has 2 aliphatic carbocycles. The second-order valence-electron chi connectivity index (χ2n) is 8.83. The van der Waals surface area contributed by atoms with Crippen molar-refractivity contribution in [2.24, 2.45) is 17.8 Å². The maximum absolute atomic E-state index is 14.9. The Kier molecular flexibility index (Phi) is 6.03. The van der Waals surface area contributed by atoms with E-state index < -0.39 is 29.8 Å². The van der Waals surface area contributed by atoms with Crippen molar-refractivity contribution in [1.82, 2.24) is 0 Å². The van der Waals surface area contributed by atoms with Gasteiger partial charge in [0.15, 0.2) is 11.6 Å². The maximum Gasteiger partial charge on any atom is 0.387 e. The van der Waals surface area contributed by atoms with Crippen molar-refractivity contribution in [2.75, 3.05) is 0 Å². The van der Waals surface area contributed by atoms with Crippen LogP contribution < -0.4 is 4.74 Å². The summed E-state index contributed by atoms with van der Waals surface area (Å²) in [6.45, 7) is -0.888. The summed E-state index contributed by atoms with van der Waals surface area (Å²) >= 11 is 0. The van der Waals surface area contributed by atoms with Crippen molar-refractivity contribution >= 4 is 0 Å². The molecule has 2 aromatic carbocycles. The first-order chi connectivity index (χ1) is 14.3. The fraction of sp³-hybridized carbons (Fsp3) is 0.500. The van der Waals surface area contributed by atoms with E-state index in [0.29, 0.717) is 11.5 Å². The molecule has 0 N–H and O–H groups in total. The summed E-state index contributed by atoms with van der Waals surface area (Å²) < 4.78 is 72.4. The Morgan fingerprint density at radius 1 is 0.833 bits per heavy atom. The first kappa shape index (κ1) is 21.1.